The van der Waals surface area contributed by atoms with Gasteiger partial charge < -0.3 is 4.90 Å². The third-order valence-electron chi connectivity index (χ3n) is 2.21. The van der Waals surface area contributed by atoms with Gasteiger partial charge in [-0.05, 0) is 6.92 Å². The SMILES string of the molecule is CCN(C)C(=O)c1n[nH]c(C(C)(C)C)n1. The summed E-state index contributed by atoms with van der Waals surface area (Å²) < 4.78 is 0. The zero-order chi connectivity index (χ0) is 11.6. The van der Waals surface area contributed by atoms with Crippen molar-refractivity contribution >= 4 is 5.91 Å². The molecule has 0 aliphatic carbocycles. The predicted octanol–water partition coefficient (Wildman–Crippen LogP) is 1.19. The first-order valence-corrected chi connectivity index (χ1v) is 5.04. The van der Waals surface area contributed by atoms with E-state index in [0.717, 1.165) is 5.82 Å². The molecule has 5 nitrogen and oxygen atoms in total. The third kappa shape index (κ3) is 2.55. The molecule has 15 heavy (non-hydrogen) atoms. The Morgan fingerprint density at radius 1 is 1.47 bits per heavy atom. The quantitative estimate of drug-likeness (QED) is 0.797. The van der Waals surface area contributed by atoms with E-state index in [2.05, 4.69) is 15.2 Å². The first-order valence-electron chi connectivity index (χ1n) is 5.04. The average molecular weight is 210 g/mol. The largest absolute Gasteiger partial charge is 0.339 e. The van der Waals surface area contributed by atoms with Crippen LogP contribution in [0.4, 0.5) is 0 Å². The standard InChI is InChI=1S/C10H18N4O/c1-6-14(5)8(15)7-11-9(13-12-7)10(2,3)4/h6H2,1-5H3,(H,11,12,13). The molecule has 84 valence electrons. The first-order chi connectivity index (χ1) is 6.86. The van der Waals surface area contributed by atoms with Gasteiger partial charge in [-0.1, -0.05) is 20.8 Å². The molecular weight excluding hydrogens is 192 g/mol. The molecule has 0 aliphatic rings. The molecule has 0 aromatic carbocycles. The van der Waals surface area contributed by atoms with E-state index in [1.807, 2.05) is 27.7 Å². The van der Waals surface area contributed by atoms with Crippen LogP contribution in [0.3, 0.4) is 0 Å². The lowest BCUT2D eigenvalue weighted by Gasteiger charge is -2.13. The van der Waals surface area contributed by atoms with E-state index in [1.54, 1.807) is 11.9 Å². The van der Waals surface area contributed by atoms with E-state index in [1.165, 1.54) is 0 Å². The third-order valence-corrected chi connectivity index (χ3v) is 2.21. The second-order valence-electron chi connectivity index (χ2n) is 4.58. The van der Waals surface area contributed by atoms with Crippen LogP contribution in [0.2, 0.25) is 0 Å². The van der Waals surface area contributed by atoms with E-state index in [9.17, 15) is 4.79 Å². The van der Waals surface area contributed by atoms with Crippen molar-refractivity contribution in [2.75, 3.05) is 13.6 Å². The van der Waals surface area contributed by atoms with E-state index in [-0.39, 0.29) is 17.1 Å². The molecule has 0 fully saturated rings. The van der Waals surface area contributed by atoms with Crippen LogP contribution in [0.1, 0.15) is 44.1 Å². The summed E-state index contributed by atoms with van der Waals surface area (Å²) >= 11 is 0. The van der Waals surface area contributed by atoms with Crippen LogP contribution in [-0.2, 0) is 5.41 Å². The van der Waals surface area contributed by atoms with Gasteiger partial charge in [0, 0.05) is 19.0 Å². The summed E-state index contributed by atoms with van der Waals surface area (Å²) in [4.78, 5) is 17.5. The minimum atomic E-state index is -0.149. The fraction of sp³-hybridized carbons (Fsp3) is 0.700. The molecule has 0 aliphatic heterocycles. The molecule has 0 spiro atoms. The molecular formula is C10H18N4O. The van der Waals surface area contributed by atoms with Crippen molar-refractivity contribution in [1.82, 2.24) is 20.1 Å². The molecule has 0 bridgehead atoms. The molecule has 1 aromatic heterocycles. The van der Waals surface area contributed by atoms with Crippen molar-refractivity contribution in [2.24, 2.45) is 0 Å². The van der Waals surface area contributed by atoms with Crippen LogP contribution >= 0.6 is 0 Å². The Kier molecular flexibility index (Phi) is 3.12. The molecule has 1 heterocycles. The highest BCUT2D eigenvalue weighted by atomic mass is 16.2. The Bertz CT molecular complexity index is 351. The van der Waals surface area contributed by atoms with Crippen molar-refractivity contribution < 1.29 is 4.79 Å². The van der Waals surface area contributed by atoms with Gasteiger partial charge in [0.05, 0.1) is 0 Å². The summed E-state index contributed by atoms with van der Waals surface area (Å²) in [5.74, 6) is 0.823. The highest BCUT2D eigenvalue weighted by molar-refractivity contribution is 5.90. The lowest BCUT2D eigenvalue weighted by Crippen LogP contribution is -2.27. The van der Waals surface area contributed by atoms with Crippen LogP contribution in [0.5, 0.6) is 0 Å². The Hall–Kier alpha value is -1.39. The average Bonchev–Trinajstić information content (AvgIpc) is 2.63. The second-order valence-corrected chi connectivity index (χ2v) is 4.58. The zero-order valence-electron chi connectivity index (χ0n) is 9.96. The van der Waals surface area contributed by atoms with Gasteiger partial charge in [0.15, 0.2) is 0 Å². The Labute approximate surface area is 89.9 Å². The van der Waals surface area contributed by atoms with Crippen LogP contribution in [0.15, 0.2) is 0 Å². The van der Waals surface area contributed by atoms with Crippen molar-refractivity contribution in [2.45, 2.75) is 33.1 Å². The summed E-state index contributed by atoms with van der Waals surface area (Å²) in [5.41, 5.74) is -0.115. The molecule has 0 unspecified atom stereocenters. The van der Waals surface area contributed by atoms with Gasteiger partial charge in [0.25, 0.3) is 5.91 Å². The maximum atomic E-state index is 11.7. The lowest BCUT2D eigenvalue weighted by molar-refractivity contribution is 0.0791. The fourth-order valence-electron chi connectivity index (χ4n) is 1.01. The smallest absolute Gasteiger partial charge is 0.293 e. The number of nitrogens with one attached hydrogen (secondary N) is 1. The van der Waals surface area contributed by atoms with Crippen molar-refractivity contribution in [3.8, 4) is 0 Å². The van der Waals surface area contributed by atoms with Crippen molar-refractivity contribution in [1.29, 1.82) is 0 Å². The van der Waals surface area contributed by atoms with E-state index in [4.69, 9.17) is 0 Å². The maximum Gasteiger partial charge on any atom is 0.293 e. The molecule has 1 N–H and O–H groups in total. The van der Waals surface area contributed by atoms with Gasteiger partial charge in [-0.3, -0.25) is 9.89 Å². The van der Waals surface area contributed by atoms with Gasteiger partial charge in [-0.25, -0.2) is 4.98 Å². The number of nitrogens with zero attached hydrogens (tertiary/aromatic N) is 3. The van der Waals surface area contributed by atoms with Gasteiger partial charge in [-0.2, -0.15) is 0 Å². The molecule has 0 saturated carbocycles. The number of hydrogen-bond donors (Lipinski definition) is 1. The summed E-state index contributed by atoms with van der Waals surface area (Å²) in [7, 11) is 1.73. The fourth-order valence-corrected chi connectivity index (χ4v) is 1.01. The molecule has 5 heteroatoms. The number of rotatable bonds is 2. The zero-order valence-corrected chi connectivity index (χ0v) is 9.96. The molecule has 0 radical (unpaired) electrons. The number of carbonyl (C=O) groups is 1. The Morgan fingerprint density at radius 3 is 2.47 bits per heavy atom. The Morgan fingerprint density at radius 2 is 2.07 bits per heavy atom. The number of aromatic nitrogens is 3. The molecule has 1 rings (SSSR count). The summed E-state index contributed by atoms with van der Waals surface area (Å²) in [5, 5.41) is 6.72. The van der Waals surface area contributed by atoms with E-state index in [0.29, 0.717) is 6.54 Å². The molecule has 1 amide bonds. The number of hydrogen-bond acceptors (Lipinski definition) is 3. The lowest BCUT2D eigenvalue weighted by atomic mass is 9.96. The van der Waals surface area contributed by atoms with E-state index < -0.39 is 0 Å². The first kappa shape index (κ1) is 11.7. The minimum Gasteiger partial charge on any atom is -0.339 e. The topological polar surface area (TPSA) is 61.9 Å². The number of amides is 1. The molecule has 0 atom stereocenters. The van der Waals surface area contributed by atoms with Crippen LogP contribution in [-0.4, -0.2) is 39.6 Å². The minimum absolute atomic E-state index is 0.115. The van der Waals surface area contributed by atoms with Crippen molar-refractivity contribution in [3.63, 3.8) is 0 Å². The predicted molar refractivity (Wildman–Crippen MR) is 57.7 cm³/mol. The highest BCUT2D eigenvalue weighted by Crippen LogP contribution is 2.17. The van der Waals surface area contributed by atoms with Crippen molar-refractivity contribution in [3.05, 3.63) is 11.6 Å². The summed E-state index contributed by atoms with van der Waals surface area (Å²) in [6.45, 7) is 8.62. The summed E-state index contributed by atoms with van der Waals surface area (Å²) in [6, 6.07) is 0. The number of carbonyl (C=O) groups excluding carboxylic acids is 1. The number of aromatic amines is 1. The Balaban J connectivity index is 2.90. The molecule has 1 aromatic rings. The maximum absolute atomic E-state index is 11.7. The second kappa shape index (κ2) is 4.00. The van der Waals surface area contributed by atoms with E-state index >= 15 is 0 Å². The monoisotopic (exact) mass is 210 g/mol. The van der Waals surface area contributed by atoms with Gasteiger partial charge in [0.2, 0.25) is 5.82 Å². The summed E-state index contributed by atoms with van der Waals surface area (Å²) in [6.07, 6.45) is 0. The van der Waals surface area contributed by atoms with Crippen LogP contribution in [0, 0.1) is 0 Å². The van der Waals surface area contributed by atoms with Gasteiger partial charge in [-0.15, -0.1) is 5.10 Å². The van der Waals surface area contributed by atoms with Gasteiger partial charge >= 0.3 is 0 Å². The van der Waals surface area contributed by atoms with Crippen LogP contribution < -0.4 is 0 Å². The highest BCUT2D eigenvalue weighted by Gasteiger charge is 2.22. The van der Waals surface area contributed by atoms with Gasteiger partial charge in [0.1, 0.15) is 5.82 Å². The molecule has 0 saturated heterocycles. The van der Waals surface area contributed by atoms with Crippen LogP contribution in [0.25, 0.3) is 0 Å². The number of H-pyrrole nitrogens is 1. The normalized spacial score (nSPS) is 11.5.